The number of hydrogen-bond donors (Lipinski definition) is 1. The minimum Gasteiger partial charge on any atom is -0.481 e. The first kappa shape index (κ1) is 9.27. The lowest BCUT2D eigenvalue weighted by molar-refractivity contribution is -0.138. The van der Waals surface area contributed by atoms with Crippen LogP contribution in [-0.4, -0.2) is 28.9 Å². The molecule has 1 N–H and O–H groups in total. The summed E-state index contributed by atoms with van der Waals surface area (Å²) in [5, 5.41) is 8.75. The minimum atomic E-state index is -0.778. The van der Waals surface area contributed by atoms with Crippen LogP contribution in [0.25, 0.3) is 0 Å². The molecule has 1 aliphatic heterocycles. The summed E-state index contributed by atoms with van der Waals surface area (Å²) in [6.07, 6.45) is 2.92. The first-order chi connectivity index (χ1) is 6.77. The van der Waals surface area contributed by atoms with Crippen LogP contribution >= 0.6 is 0 Å². The van der Waals surface area contributed by atoms with Gasteiger partial charge in [-0.25, -0.2) is 0 Å². The van der Waals surface area contributed by atoms with Crippen LogP contribution in [0, 0.1) is 0 Å². The molecule has 4 heteroatoms. The maximum Gasteiger partial charge on any atom is 0.305 e. The molecule has 76 valence electrons. The number of nitrogens with zero attached hydrogens (tertiary/aromatic N) is 1. The van der Waals surface area contributed by atoms with E-state index in [9.17, 15) is 4.79 Å². The van der Waals surface area contributed by atoms with Gasteiger partial charge in [0.05, 0.1) is 25.7 Å². The van der Waals surface area contributed by atoms with Gasteiger partial charge in [-0.3, -0.25) is 4.79 Å². The van der Waals surface area contributed by atoms with E-state index in [1.54, 1.807) is 0 Å². The van der Waals surface area contributed by atoms with Crippen molar-refractivity contribution >= 4 is 5.97 Å². The van der Waals surface area contributed by atoms with Crippen LogP contribution in [0.1, 0.15) is 18.2 Å². The number of fused-ring (bicyclic) bond motifs is 1. The van der Waals surface area contributed by atoms with Crippen molar-refractivity contribution in [2.24, 2.45) is 0 Å². The molecule has 1 aromatic rings. The SMILES string of the molecule is O=C(O)C[C@H]1COCCc2cccn21. The van der Waals surface area contributed by atoms with Crippen molar-refractivity contribution in [1.82, 2.24) is 4.57 Å². The Balaban J connectivity index is 2.21. The third-order valence-corrected chi connectivity index (χ3v) is 2.48. The first-order valence-electron chi connectivity index (χ1n) is 4.72. The largest absolute Gasteiger partial charge is 0.481 e. The smallest absolute Gasteiger partial charge is 0.305 e. The van der Waals surface area contributed by atoms with E-state index in [-0.39, 0.29) is 12.5 Å². The Kier molecular flexibility index (Phi) is 2.54. The summed E-state index contributed by atoms with van der Waals surface area (Å²) < 4.78 is 7.38. The van der Waals surface area contributed by atoms with Crippen LogP contribution in [0.5, 0.6) is 0 Å². The second kappa shape index (κ2) is 3.84. The lowest BCUT2D eigenvalue weighted by atomic mass is 10.2. The van der Waals surface area contributed by atoms with Gasteiger partial charge in [0, 0.05) is 18.3 Å². The Morgan fingerprint density at radius 3 is 3.36 bits per heavy atom. The normalized spacial score (nSPS) is 21.3. The molecule has 0 radical (unpaired) electrons. The Hall–Kier alpha value is -1.29. The molecule has 14 heavy (non-hydrogen) atoms. The van der Waals surface area contributed by atoms with Crippen molar-refractivity contribution in [3.8, 4) is 0 Å². The Morgan fingerprint density at radius 2 is 2.57 bits per heavy atom. The molecule has 4 nitrogen and oxygen atoms in total. The van der Waals surface area contributed by atoms with Crippen molar-refractivity contribution in [2.75, 3.05) is 13.2 Å². The summed E-state index contributed by atoms with van der Waals surface area (Å²) in [5.74, 6) is -0.778. The fraction of sp³-hybridized carbons (Fsp3) is 0.500. The van der Waals surface area contributed by atoms with Crippen LogP contribution in [0.4, 0.5) is 0 Å². The molecule has 0 aromatic carbocycles. The predicted octanol–water partition coefficient (Wildman–Crippen LogP) is 1.08. The molecule has 0 amide bonds. The Bertz CT molecular complexity index is 332. The van der Waals surface area contributed by atoms with Gasteiger partial charge < -0.3 is 14.4 Å². The van der Waals surface area contributed by atoms with E-state index in [1.165, 1.54) is 0 Å². The van der Waals surface area contributed by atoms with Gasteiger partial charge in [0.1, 0.15) is 0 Å². The van der Waals surface area contributed by atoms with Gasteiger partial charge in [-0.2, -0.15) is 0 Å². The third-order valence-electron chi connectivity index (χ3n) is 2.48. The minimum absolute atomic E-state index is 0.0556. The molecule has 0 aliphatic carbocycles. The summed E-state index contributed by atoms with van der Waals surface area (Å²) in [7, 11) is 0. The zero-order valence-corrected chi connectivity index (χ0v) is 7.85. The number of carboxylic acids is 1. The molecular weight excluding hydrogens is 182 g/mol. The van der Waals surface area contributed by atoms with E-state index < -0.39 is 5.97 Å². The summed E-state index contributed by atoms with van der Waals surface area (Å²) >= 11 is 0. The van der Waals surface area contributed by atoms with Crippen LogP contribution in [-0.2, 0) is 16.0 Å². The molecule has 2 rings (SSSR count). The second-order valence-corrected chi connectivity index (χ2v) is 3.48. The molecule has 0 bridgehead atoms. The lowest BCUT2D eigenvalue weighted by Gasteiger charge is -2.15. The van der Waals surface area contributed by atoms with Crippen molar-refractivity contribution in [1.29, 1.82) is 0 Å². The van der Waals surface area contributed by atoms with E-state index in [2.05, 4.69) is 0 Å². The van der Waals surface area contributed by atoms with E-state index >= 15 is 0 Å². The van der Waals surface area contributed by atoms with Gasteiger partial charge in [-0.1, -0.05) is 0 Å². The molecule has 0 saturated heterocycles. The maximum atomic E-state index is 10.6. The fourth-order valence-corrected chi connectivity index (χ4v) is 1.83. The number of aliphatic carboxylic acids is 1. The summed E-state index contributed by atoms with van der Waals surface area (Å²) in [6.45, 7) is 1.17. The van der Waals surface area contributed by atoms with Crippen LogP contribution in [0.3, 0.4) is 0 Å². The molecule has 2 heterocycles. The highest BCUT2D eigenvalue weighted by molar-refractivity contribution is 5.67. The van der Waals surface area contributed by atoms with Gasteiger partial charge in [0.2, 0.25) is 0 Å². The highest BCUT2D eigenvalue weighted by Gasteiger charge is 2.19. The number of ether oxygens (including phenoxy) is 1. The van der Waals surface area contributed by atoms with Gasteiger partial charge in [-0.05, 0) is 12.1 Å². The van der Waals surface area contributed by atoms with Gasteiger partial charge in [0.15, 0.2) is 0 Å². The van der Waals surface area contributed by atoms with E-state index in [0.717, 1.165) is 12.1 Å². The summed E-state index contributed by atoms with van der Waals surface area (Å²) in [6, 6.07) is 3.92. The average molecular weight is 195 g/mol. The van der Waals surface area contributed by atoms with Gasteiger partial charge >= 0.3 is 5.97 Å². The van der Waals surface area contributed by atoms with Crippen LogP contribution in [0.2, 0.25) is 0 Å². The maximum absolute atomic E-state index is 10.6. The first-order valence-corrected chi connectivity index (χ1v) is 4.72. The summed E-state index contributed by atoms with van der Waals surface area (Å²) in [5.41, 5.74) is 1.16. The Morgan fingerprint density at radius 1 is 1.71 bits per heavy atom. The lowest BCUT2D eigenvalue weighted by Crippen LogP contribution is -2.17. The number of hydrogen-bond acceptors (Lipinski definition) is 2. The fourth-order valence-electron chi connectivity index (χ4n) is 1.83. The van der Waals surface area contributed by atoms with E-state index in [4.69, 9.17) is 9.84 Å². The van der Waals surface area contributed by atoms with Crippen molar-refractivity contribution in [3.05, 3.63) is 24.0 Å². The van der Waals surface area contributed by atoms with Crippen molar-refractivity contribution < 1.29 is 14.6 Å². The highest BCUT2D eigenvalue weighted by Crippen LogP contribution is 2.19. The van der Waals surface area contributed by atoms with Crippen molar-refractivity contribution in [2.45, 2.75) is 18.9 Å². The van der Waals surface area contributed by atoms with Gasteiger partial charge in [0.25, 0.3) is 0 Å². The number of carboxylic acid groups (broad SMARTS) is 1. The second-order valence-electron chi connectivity index (χ2n) is 3.48. The molecule has 1 aliphatic rings. The summed E-state index contributed by atoms with van der Waals surface area (Å²) in [4.78, 5) is 10.6. The van der Waals surface area contributed by atoms with Crippen molar-refractivity contribution in [3.63, 3.8) is 0 Å². The quantitative estimate of drug-likeness (QED) is 0.768. The van der Waals surface area contributed by atoms with E-state index in [0.29, 0.717) is 13.2 Å². The molecule has 1 atom stereocenters. The Labute approximate surface area is 82.1 Å². The molecule has 0 unspecified atom stereocenters. The zero-order chi connectivity index (χ0) is 9.97. The topological polar surface area (TPSA) is 51.5 Å². The van der Waals surface area contributed by atoms with Crippen LogP contribution in [0.15, 0.2) is 18.3 Å². The average Bonchev–Trinajstić information content (AvgIpc) is 2.51. The number of aromatic nitrogens is 1. The number of rotatable bonds is 2. The van der Waals surface area contributed by atoms with Gasteiger partial charge in [-0.15, -0.1) is 0 Å². The van der Waals surface area contributed by atoms with Crippen LogP contribution < -0.4 is 0 Å². The zero-order valence-electron chi connectivity index (χ0n) is 7.85. The molecule has 0 spiro atoms. The van der Waals surface area contributed by atoms with E-state index in [1.807, 2.05) is 22.9 Å². The molecular formula is C10H13NO3. The number of carbonyl (C=O) groups is 1. The molecule has 0 fully saturated rings. The monoisotopic (exact) mass is 195 g/mol. The molecule has 1 aromatic heterocycles. The highest BCUT2D eigenvalue weighted by atomic mass is 16.5. The molecule has 0 saturated carbocycles. The predicted molar refractivity (Wildman–Crippen MR) is 50.2 cm³/mol. The third kappa shape index (κ3) is 1.80. The standard InChI is InChI=1S/C10H13NO3/c12-10(13)6-9-7-14-5-3-8-2-1-4-11(8)9/h1-2,4,9H,3,5-7H2,(H,12,13)/t9-/m0/s1.